The van der Waals surface area contributed by atoms with Crippen molar-refractivity contribution in [3.8, 4) is 11.5 Å². The highest BCUT2D eigenvalue weighted by atomic mass is 79.9. The molecule has 0 atom stereocenters. The maximum absolute atomic E-state index is 5.83. The van der Waals surface area contributed by atoms with Crippen molar-refractivity contribution in [2.75, 3.05) is 5.73 Å². The molecule has 0 radical (unpaired) electrons. The van der Waals surface area contributed by atoms with Crippen molar-refractivity contribution in [3.05, 3.63) is 40.5 Å². The Morgan fingerprint density at radius 3 is 2.89 bits per heavy atom. The Balaban J connectivity index is 2.27. The van der Waals surface area contributed by atoms with Gasteiger partial charge in [0.2, 0.25) is 5.95 Å². The number of furan rings is 1. The third-order valence-corrected chi connectivity index (χ3v) is 3.30. The lowest BCUT2D eigenvalue weighted by molar-refractivity contribution is 0.626. The Kier molecular flexibility index (Phi) is 2.56. The zero-order valence-corrected chi connectivity index (χ0v) is 11.2. The summed E-state index contributed by atoms with van der Waals surface area (Å²) in [5.74, 6) is 0.978. The SMILES string of the molecule is Cc1c(-c2ccnc(N)n2)oc2ccc(Br)cc12. The minimum Gasteiger partial charge on any atom is -0.454 e. The molecule has 90 valence electrons. The Morgan fingerprint density at radius 1 is 1.28 bits per heavy atom. The highest BCUT2D eigenvalue weighted by Gasteiger charge is 2.13. The number of aryl methyl sites for hydroxylation is 1. The van der Waals surface area contributed by atoms with E-state index in [2.05, 4.69) is 25.9 Å². The largest absolute Gasteiger partial charge is 0.454 e. The Hall–Kier alpha value is -1.88. The summed E-state index contributed by atoms with van der Waals surface area (Å²) in [7, 11) is 0. The summed E-state index contributed by atoms with van der Waals surface area (Å²) in [5.41, 5.74) is 8.18. The molecule has 0 bridgehead atoms. The average molecular weight is 304 g/mol. The van der Waals surface area contributed by atoms with E-state index in [0.717, 1.165) is 26.8 Å². The Labute approximate surface area is 112 Å². The number of benzene rings is 1. The van der Waals surface area contributed by atoms with Gasteiger partial charge in [0, 0.05) is 21.6 Å². The molecule has 0 fully saturated rings. The summed E-state index contributed by atoms with van der Waals surface area (Å²) in [6.45, 7) is 2.01. The highest BCUT2D eigenvalue weighted by molar-refractivity contribution is 9.10. The van der Waals surface area contributed by atoms with Crippen molar-refractivity contribution >= 4 is 32.8 Å². The van der Waals surface area contributed by atoms with Crippen molar-refractivity contribution in [2.45, 2.75) is 6.92 Å². The van der Waals surface area contributed by atoms with Crippen LogP contribution in [0, 0.1) is 6.92 Å². The first-order valence-electron chi connectivity index (χ1n) is 5.42. The van der Waals surface area contributed by atoms with Crippen molar-refractivity contribution in [3.63, 3.8) is 0 Å². The van der Waals surface area contributed by atoms with Gasteiger partial charge in [0.05, 0.1) is 0 Å². The third kappa shape index (κ3) is 1.76. The summed E-state index contributed by atoms with van der Waals surface area (Å²) in [6.07, 6.45) is 1.63. The van der Waals surface area contributed by atoms with E-state index in [9.17, 15) is 0 Å². The van der Waals surface area contributed by atoms with Gasteiger partial charge in [-0.05, 0) is 31.2 Å². The molecule has 0 amide bonds. The van der Waals surface area contributed by atoms with E-state index < -0.39 is 0 Å². The first-order valence-corrected chi connectivity index (χ1v) is 6.22. The van der Waals surface area contributed by atoms with E-state index in [4.69, 9.17) is 10.2 Å². The molecule has 2 aromatic heterocycles. The number of aromatic nitrogens is 2. The van der Waals surface area contributed by atoms with Crippen LogP contribution in [0.5, 0.6) is 0 Å². The van der Waals surface area contributed by atoms with Crippen LogP contribution in [0.4, 0.5) is 5.95 Å². The summed E-state index contributed by atoms with van der Waals surface area (Å²) in [6, 6.07) is 7.70. The smallest absolute Gasteiger partial charge is 0.220 e. The lowest BCUT2D eigenvalue weighted by atomic mass is 10.1. The molecule has 0 aliphatic carbocycles. The van der Waals surface area contributed by atoms with Crippen LogP contribution in [0.2, 0.25) is 0 Å². The lowest BCUT2D eigenvalue weighted by Gasteiger charge is -1.98. The molecule has 3 aromatic rings. The molecule has 3 rings (SSSR count). The Morgan fingerprint density at radius 2 is 2.11 bits per heavy atom. The lowest BCUT2D eigenvalue weighted by Crippen LogP contribution is -1.95. The third-order valence-electron chi connectivity index (χ3n) is 2.81. The van der Waals surface area contributed by atoms with E-state index in [0.29, 0.717) is 5.69 Å². The summed E-state index contributed by atoms with van der Waals surface area (Å²) in [5, 5.41) is 1.07. The van der Waals surface area contributed by atoms with Crippen LogP contribution in [-0.4, -0.2) is 9.97 Å². The highest BCUT2D eigenvalue weighted by Crippen LogP contribution is 2.33. The fourth-order valence-electron chi connectivity index (χ4n) is 1.94. The minimum atomic E-state index is 0.244. The molecular weight excluding hydrogens is 294 g/mol. The zero-order chi connectivity index (χ0) is 12.7. The second kappa shape index (κ2) is 4.10. The van der Waals surface area contributed by atoms with Crippen LogP contribution in [0.25, 0.3) is 22.4 Å². The number of nitrogens with two attached hydrogens (primary N) is 1. The molecular formula is C13H10BrN3O. The molecule has 0 unspecified atom stereocenters. The maximum atomic E-state index is 5.83. The molecule has 18 heavy (non-hydrogen) atoms. The van der Waals surface area contributed by atoms with E-state index in [-0.39, 0.29) is 5.95 Å². The molecule has 0 spiro atoms. The van der Waals surface area contributed by atoms with Crippen LogP contribution in [0.3, 0.4) is 0 Å². The fourth-order valence-corrected chi connectivity index (χ4v) is 2.30. The summed E-state index contributed by atoms with van der Waals surface area (Å²) < 4.78 is 6.85. The van der Waals surface area contributed by atoms with Crippen molar-refractivity contribution < 1.29 is 4.42 Å². The quantitative estimate of drug-likeness (QED) is 0.746. The van der Waals surface area contributed by atoms with E-state index in [1.54, 1.807) is 12.3 Å². The second-order valence-corrected chi connectivity index (χ2v) is 4.91. The molecule has 2 N–H and O–H groups in total. The van der Waals surface area contributed by atoms with Crippen molar-refractivity contribution in [1.82, 2.24) is 9.97 Å². The van der Waals surface area contributed by atoms with Gasteiger partial charge < -0.3 is 10.2 Å². The van der Waals surface area contributed by atoms with Gasteiger partial charge in [-0.1, -0.05) is 15.9 Å². The molecule has 0 aliphatic rings. The van der Waals surface area contributed by atoms with Gasteiger partial charge in [0.1, 0.15) is 11.3 Å². The number of anilines is 1. The predicted molar refractivity (Wildman–Crippen MR) is 74.1 cm³/mol. The number of fused-ring (bicyclic) bond motifs is 1. The monoisotopic (exact) mass is 303 g/mol. The topological polar surface area (TPSA) is 64.9 Å². The molecule has 5 heteroatoms. The first kappa shape index (κ1) is 11.2. The van der Waals surface area contributed by atoms with E-state index >= 15 is 0 Å². The number of nitrogen functional groups attached to an aromatic ring is 1. The van der Waals surface area contributed by atoms with Gasteiger partial charge in [-0.25, -0.2) is 9.97 Å². The number of nitrogens with zero attached hydrogens (tertiary/aromatic N) is 2. The predicted octanol–water partition coefficient (Wildman–Crippen LogP) is 3.54. The van der Waals surface area contributed by atoms with Crippen LogP contribution in [0.15, 0.2) is 39.4 Å². The molecule has 2 heterocycles. The molecule has 0 saturated carbocycles. The van der Waals surface area contributed by atoms with Gasteiger partial charge in [0.25, 0.3) is 0 Å². The maximum Gasteiger partial charge on any atom is 0.220 e. The number of rotatable bonds is 1. The van der Waals surface area contributed by atoms with Gasteiger partial charge in [-0.2, -0.15) is 0 Å². The van der Waals surface area contributed by atoms with Gasteiger partial charge in [0.15, 0.2) is 5.76 Å². The standard InChI is InChI=1S/C13H10BrN3O/c1-7-9-6-8(14)2-3-11(9)18-12(7)10-4-5-16-13(15)17-10/h2-6H,1H3,(H2,15,16,17). The van der Waals surface area contributed by atoms with Crippen LogP contribution in [-0.2, 0) is 0 Å². The van der Waals surface area contributed by atoms with Crippen molar-refractivity contribution in [2.24, 2.45) is 0 Å². The van der Waals surface area contributed by atoms with E-state index in [1.165, 1.54) is 0 Å². The first-order chi connectivity index (χ1) is 8.65. The second-order valence-electron chi connectivity index (χ2n) is 4.00. The van der Waals surface area contributed by atoms with Crippen molar-refractivity contribution in [1.29, 1.82) is 0 Å². The molecule has 0 saturated heterocycles. The van der Waals surface area contributed by atoms with Gasteiger partial charge in [-0.3, -0.25) is 0 Å². The fraction of sp³-hybridized carbons (Fsp3) is 0.0769. The minimum absolute atomic E-state index is 0.244. The van der Waals surface area contributed by atoms with Gasteiger partial charge >= 0.3 is 0 Å². The van der Waals surface area contributed by atoms with Gasteiger partial charge in [-0.15, -0.1) is 0 Å². The van der Waals surface area contributed by atoms with Crippen LogP contribution in [0.1, 0.15) is 5.56 Å². The van der Waals surface area contributed by atoms with E-state index in [1.807, 2.05) is 25.1 Å². The summed E-state index contributed by atoms with van der Waals surface area (Å²) >= 11 is 3.46. The normalized spacial score (nSPS) is 11.0. The molecule has 0 aliphatic heterocycles. The average Bonchev–Trinajstić information content (AvgIpc) is 2.67. The Bertz CT molecular complexity index is 736. The van der Waals surface area contributed by atoms with Crippen LogP contribution < -0.4 is 5.73 Å². The molecule has 4 nitrogen and oxygen atoms in total. The molecule has 1 aromatic carbocycles. The number of hydrogen-bond donors (Lipinski definition) is 1. The zero-order valence-electron chi connectivity index (χ0n) is 9.64. The number of halogens is 1. The van der Waals surface area contributed by atoms with Crippen LogP contribution >= 0.6 is 15.9 Å². The summed E-state index contributed by atoms with van der Waals surface area (Å²) in [4.78, 5) is 8.06. The number of hydrogen-bond acceptors (Lipinski definition) is 4.